The van der Waals surface area contributed by atoms with E-state index in [2.05, 4.69) is 9.82 Å². The molecule has 1 aromatic heterocycles. The average molecular weight is 138 g/mol. The summed E-state index contributed by atoms with van der Waals surface area (Å²) in [6.45, 7) is 1.88. The second-order valence-electron chi connectivity index (χ2n) is 2.06. The lowest BCUT2D eigenvalue weighted by Gasteiger charge is -2.06. The van der Waals surface area contributed by atoms with Crippen LogP contribution >= 0.6 is 0 Å². The van der Waals surface area contributed by atoms with E-state index in [1.165, 1.54) is 0 Å². The van der Waals surface area contributed by atoms with E-state index < -0.39 is 0 Å². The van der Waals surface area contributed by atoms with Crippen LogP contribution in [0, 0.1) is 0 Å². The van der Waals surface area contributed by atoms with E-state index in [9.17, 15) is 0 Å². The number of hydrogen-bond donors (Lipinski definition) is 1. The second kappa shape index (κ2) is 3.29. The summed E-state index contributed by atoms with van der Waals surface area (Å²) in [4.78, 5) is 8.47. The van der Waals surface area contributed by atoms with Gasteiger partial charge in [-0.2, -0.15) is 0 Å². The van der Waals surface area contributed by atoms with Gasteiger partial charge in [-0.3, -0.25) is 9.82 Å². The Kier molecular flexibility index (Phi) is 2.36. The topological polar surface area (TPSA) is 48.1 Å². The summed E-state index contributed by atoms with van der Waals surface area (Å²) in [7, 11) is 0. The van der Waals surface area contributed by atoms with Crippen LogP contribution in [0.15, 0.2) is 24.5 Å². The van der Waals surface area contributed by atoms with Crippen LogP contribution in [0.4, 0.5) is 0 Å². The number of nitrogens with zero attached hydrogens (tertiary/aromatic N) is 1. The van der Waals surface area contributed by atoms with Gasteiger partial charge in [0.25, 0.3) is 0 Å². The van der Waals surface area contributed by atoms with Crippen molar-refractivity contribution in [3.05, 3.63) is 30.1 Å². The van der Waals surface area contributed by atoms with E-state index in [0.29, 0.717) is 0 Å². The molecule has 0 aliphatic rings. The number of pyridine rings is 1. The lowest BCUT2D eigenvalue weighted by molar-refractivity contribution is 0.0663. The maximum absolute atomic E-state index is 4.98. The standard InChI is InChI=1S/C7H10N2O/c1-6(10-8)7-2-4-9-5-3-7/h2-6H,8H2,1H3/t6-/m1/s1. The quantitative estimate of drug-likeness (QED) is 0.621. The van der Waals surface area contributed by atoms with Crippen LogP contribution in [0.1, 0.15) is 18.6 Å². The fourth-order valence-corrected chi connectivity index (χ4v) is 0.713. The van der Waals surface area contributed by atoms with Crippen molar-refractivity contribution in [3.8, 4) is 0 Å². The molecular formula is C7H10N2O. The van der Waals surface area contributed by atoms with Crippen molar-refractivity contribution in [2.24, 2.45) is 5.90 Å². The van der Waals surface area contributed by atoms with Crippen LogP contribution in [-0.4, -0.2) is 4.98 Å². The van der Waals surface area contributed by atoms with E-state index in [1.807, 2.05) is 19.1 Å². The summed E-state index contributed by atoms with van der Waals surface area (Å²) in [6.07, 6.45) is 3.37. The molecule has 0 amide bonds. The molecular weight excluding hydrogens is 128 g/mol. The number of rotatable bonds is 2. The third kappa shape index (κ3) is 1.52. The minimum atomic E-state index is -0.0528. The monoisotopic (exact) mass is 138 g/mol. The fraction of sp³-hybridized carbons (Fsp3) is 0.286. The van der Waals surface area contributed by atoms with Crippen molar-refractivity contribution < 1.29 is 4.84 Å². The third-order valence-corrected chi connectivity index (χ3v) is 1.38. The number of nitrogens with two attached hydrogens (primary N) is 1. The molecule has 0 aliphatic heterocycles. The molecule has 0 radical (unpaired) electrons. The summed E-state index contributed by atoms with van der Waals surface area (Å²) >= 11 is 0. The Morgan fingerprint density at radius 2 is 2.10 bits per heavy atom. The molecule has 1 heterocycles. The third-order valence-electron chi connectivity index (χ3n) is 1.38. The Morgan fingerprint density at radius 3 is 2.60 bits per heavy atom. The Morgan fingerprint density at radius 1 is 1.50 bits per heavy atom. The SMILES string of the molecule is C[C@@H](ON)c1ccncc1. The maximum atomic E-state index is 4.98. The lowest BCUT2D eigenvalue weighted by Crippen LogP contribution is -2.04. The Bertz CT molecular complexity index is 188. The van der Waals surface area contributed by atoms with Crippen LogP contribution in [0.2, 0.25) is 0 Å². The van der Waals surface area contributed by atoms with E-state index in [0.717, 1.165) is 5.56 Å². The molecule has 0 spiro atoms. The van der Waals surface area contributed by atoms with Crippen molar-refractivity contribution >= 4 is 0 Å². The van der Waals surface area contributed by atoms with Gasteiger partial charge >= 0.3 is 0 Å². The largest absolute Gasteiger partial charge is 0.297 e. The first-order valence-electron chi connectivity index (χ1n) is 3.10. The number of hydrogen-bond acceptors (Lipinski definition) is 3. The zero-order valence-electron chi connectivity index (χ0n) is 5.82. The molecule has 0 bridgehead atoms. The van der Waals surface area contributed by atoms with E-state index in [1.54, 1.807) is 12.4 Å². The molecule has 2 N–H and O–H groups in total. The molecule has 0 aliphatic carbocycles. The van der Waals surface area contributed by atoms with Crippen molar-refractivity contribution in [2.75, 3.05) is 0 Å². The lowest BCUT2D eigenvalue weighted by atomic mass is 10.2. The Labute approximate surface area is 59.8 Å². The van der Waals surface area contributed by atoms with Gasteiger partial charge in [-0.1, -0.05) is 0 Å². The van der Waals surface area contributed by atoms with Crippen LogP contribution < -0.4 is 5.90 Å². The molecule has 0 fully saturated rings. The van der Waals surface area contributed by atoms with Gasteiger partial charge in [-0.25, -0.2) is 5.90 Å². The predicted molar refractivity (Wildman–Crippen MR) is 37.9 cm³/mol. The zero-order valence-corrected chi connectivity index (χ0v) is 5.82. The maximum Gasteiger partial charge on any atom is 0.101 e. The highest BCUT2D eigenvalue weighted by molar-refractivity contribution is 5.11. The summed E-state index contributed by atoms with van der Waals surface area (Å²) in [5, 5.41) is 0. The van der Waals surface area contributed by atoms with Crippen LogP contribution in [0.3, 0.4) is 0 Å². The molecule has 10 heavy (non-hydrogen) atoms. The first kappa shape index (κ1) is 7.18. The minimum Gasteiger partial charge on any atom is -0.297 e. The van der Waals surface area contributed by atoms with E-state index in [-0.39, 0.29) is 6.10 Å². The predicted octanol–water partition coefficient (Wildman–Crippen LogP) is 1.03. The van der Waals surface area contributed by atoms with Crippen molar-refractivity contribution in [1.82, 2.24) is 4.98 Å². The number of aromatic nitrogens is 1. The Balaban J connectivity index is 2.75. The summed E-state index contributed by atoms with van der Waals surface area (Å²) in [6, 6.07) is 3.75. The van der Waals surface area contributed by atoms with Gasteiger partial charge in [-0.15, -0.1) is 0 Å². The van der Waals surface area contributed by atoms with Crippen molar-refractivity contribution in [2.45, 2.75) is 13.0 Å². The molecule has 0 saturated carbocycles. The van der Waals surface area contributed by atoms with Crippen LogP contribution in [0.25, 0.3) is 0 Å². The normalized spacial score (nSPS) is 13.0. The average Bonchev–Trinajstić information content (AvgIpc) is 2.05. The zero-order chi connectivity index (χ0) is 7.40. The van der Waals surface area contributed by atoms with E-state index in [4.69, 9.17) is 5.90 Å². The molecule has 0 aromatic carbocycles. The van der Waals surface area contributed by atoms with Gasteiger partial charge < -0.3 is 0 Å². The summed E-state index contributed by atoms with van der Waals surface area (Å²) in [5.74, 6) is 4.98. The highest BCUT2D eigenvalue weighted by Gasteiger charge is 2.00. The van der Waals surface area contributed by atoms with Crippen LogP contribution in [0.5, 0.6) is 0 Å². The molecule has 1 rings (SSSR count). The summed E-state index contributed by atoms with van der Waals surface area (Å²) < 4.78 is 0. The highest BCUT2D eigenvalue weighted by Crippen LogP contribution is 2.11. The molecule has 0 unspecified atom stereocenters. The molecule has 3 nitrogen and oxygen atoms in total. The van der Waals surface area contributed by atoms with Gasteiger partial charge in [0.1, 0.15) is 6.10 Å². The van der Waals surface area contributed by atoms with Crippen LogP contribution in [-0.2, 0) is 4.84 Å². The molecule has 1 atom stereocenters. The van der Waals surface area contributed by atoms with Gasteiger partial charge in [-0.05, 0) is 24.6 Å². The van der Waals surface area contributed by atoms with Gasteiger partial charge in [0, 0.05) is 12.4 Å². The molecule has 0 saturated heterocycles. The smallest absolute Gasteiger partial charge is 0.101 e. The van der Waals surface area contributed by atoms with Gasteiger partial charge in [0.05, 0.1) is 0 Å². The minimum absolute atomic E-state index is 0.0528. The van der Waals surface area contributed by atoms with Crippen molar-refractivity contribution in [3.63, 3.8) is 0 Å². The first-order valence-corrected chi connectivity index (χ1v) is 3.10. The van der Waals surface area contributed by atoms with Gasteiger partial charge in [0.2, 0.25) is 0 Å². The fourth-order valence-electron chi connectivity index (χ4n) is 0.713. The molecule has 3 heteroatoms. The van der Waals surface area contributed by atoms with E-state index >= 15 is 0 Å². The highest BCUT2D eigenvalue weighted by atomic mass is 16.6. The Hall–Kier alpha value is -0.930. The summed E-state index contributed by atoms with van der Waals surface area (Å²) in [5.41, 5.74) is 1.04. The second-order valence-corrected chi connectivity index (χ2v) is 2.06. The molecule has 54 valence electrons. The molecule has 1 aromatic rings. The van der Waals surface area contributed by atoms with Crippen molar-refractivity contribution in [1.29, 1.82) is 0 Å². The van der Waals surface area contributed by atoms with Gasteiger partial charge in [0.15, 0.2) is 0 Å². The first-order chi connectivity index (χ1) is 4.84.